The van der Waals surface area contributed by atoms with E-state index in [0.717, 1.165) is 17.0 Å². The Labute approximate surface area is 87.2 Å². The first-order valence-corrected chi connectivity index (χ1v) is 6.13. The van der Waals surface area contributed by atoms with Crippen molar-refractivity contribution in [1.82, 2.24) is 10.2 Å². The minimum absolute atomic E-state index is 0.260. The molecule has 15 heavy (non-hydrogen) atoms. The summed E-state index contributed by atoms with van der Waals surface area (Å²) in [6.07, 6.45) is 2.67. The summed E-state index contributed by atoms with van der Waals surface area (Å²) >= 11 is 0. The van der Waals surface area contributed by atoms with E-state index < -0.39 is 10.0 Å². The van der Waals surface area contributed by atoms with Crippen LogP contribution in [-0.2, 0) is 10.0 Å². The number of rotatable bonds is 2. The van der Waals surface area contributed by atoms with Crippen molar-refractivity contribution in [3.63, 3.8) is 0 Å². The molecule has 0 saturated heterocycles. The highest BCUT2D eigenvalue weighted by molar-refractivity contribution is 7.92. The summed E-state index contributed by atoms with van der Waals surface area (Å²) in [6.45, 7) is 0. The predicted octanol–water partition coefficient (Wildman–Crippen LogP) is 1.00. The summed E-state index contributed by atoms with van der Waals surface area (Å²) in [7, 11) is -3.32. The summed E-state index contributed by atoms with van der Waals surface area (Å²) in [5.74, 6) is 0.260. The van der Waals surface area contributed by atoms with Crippen LogP contribution in [0, 0.1) is 0 Å². The van der Waals surface area contributed by atoms with Crippen LogP contribution in [0.3, 0.4) is 0 Å². The summed E-state index contributed by atoms with van der Waals surface area (Å²) < 4.78 is 24.5. The maximum absolute atomic E-state index is 11.1. The first-order valence-electron chi connectivity index (χ1n) is 4.24. The van der Waals surface area contributed by atoms with E-state index >= 15 is 0 Å². The molecule has 1 aromatic heterocycles. The molecule has 78 valence electrons. The van der Waals surface area contributed by atoms with E-state index in [9.17, 15) is 8.42 Å². The second-order valence-electron chi connectivity index (χ2n) is 3.15. The maximum Gasteiger partial charge on any atom is 0.231 e. The molecule has 0 bridgehead atoms. The van der Waals surface area contributed by atoms with E-state index in [0.29, 0.717) is 0 Å². The summed E-state index contributed by atoms with van der Waals surface area (Å²) in [6, 6.07) is 7.31. The largest absolute Gasteiger partial charge is 0.266 e. The Morgan fingerprint density at radius 2 is 2.00 bits per heavy atom. The van der Waals surface area contributed by atoms with Gasteiger partial charge in [-0.3, -0.25) is 4.72 Å². The lowest BCUT2D eigenvalue weighted by atomic mass is 10.2. The summed E-state index contributed by atoms with van der Waals surface area (Å²) in [5.41, 5.74) is 0. The van der Waals surface area contributed by atoms with Crippen LogP contribution in [0.5, 0.6) is 0 Å². The minimum Gasteiger partial charge on any atom is -0.266 e. The fraction of sp³-hybridized carbons (Fsp3) is 0.111. The first-order chi connectivity index (χ1) is 7.06. The smallest absolute Gasteiger partial charge is 0.231 e. The van der Waals surface area contributed by atoms with Gasteiger partial charge >= 0.3 is 0 Å². The van der Waals surface area contributed by atoms with Crippen molar-refractivity contribution in [2.45, 2.75) is 0 Å². The quantitative estimate of drug-likeness (QED) is 0.824. The molecule has 0 spiro atoms. The number of sulfonamides is 1. The molecular formula is C9H9N3O2S. The van der Waals surface area contributed by atoms with Crippen molar-refractivity contribution < 1.29 is 8.42 Å². The van der Waals surface area contributed by atoms with Crippen LogP contribution < -0.4 is 4.72 Å². The second kappa shape index (κ2) is 3.47. The summed E-state index contributed by atoms with van der Waals surface area (Å²) in [4.78, 5) is 0. The van der Waals surface area contributed by atoms with E-state index in [4.69, 9.17) is 0 Å². The molecule has 2 rings (SSSR count). The van der Waals surface area contributed by atoms with E-state index in [1.165, 1.54) is 0 Å². The lowest BCUT2D eigenvalue weighted by Gasteiger charge is -2.04. The third-order valence-corrected chi connectivity index (χ3v) is 2.42. The molecule has 0 amide bonds. The molecule has 0 fully saturated rings. The Hall–Kier alpha value is -1.69. The fourth-order valence-electron chi connectivity index (χ4n) is 1.28. The molecule has 0 atom stereocenters. The standard InChI is InChI=1S/C9H9N3O2S/c1-15(13,14)12-9-8-5-3-2-4-7(8)6-10-11-9/h2-6H,1H3,(H,11,12). The van der Waals surface area contributed by atoms with Gasteiger partial charge in [0, 0.05) is 10.8 Å². The molecule has 0 radical (unpaired) electrons. The zero-order chi connectivity index (χ0) is 10.9. The molecule has 1 N–H and O–H groups in total. The maximum atomic E-state index is 11.1. The highest BCUT2D eigenvalue weighted by Gasteiger charge is 2.07. The molecule has 1 aromatic carbocycles. The number of fused-ring (bicyclic) bond motifs is 1. The Morgan fingerprint density at radius 1 is 1.27 bits per heavy atom. The average molecular weight is 223 g/mol. The zero-order valence-corrected chi connectivity index (χ0v) is 8.82. The molecular weight excluding hydrogens is 214 g/mol. The van der Waals surface area contributed by atoms with Gasteiger partial charge in [-0.2, -0.15) is 5.10 Å². The van der Waals surface area contributed by atoms with Gasteiger partial charge < -0.3 is 0 Å². The Balaban J connectivity index is 2.61. The number of hydrogen-bond acceptors (Lipinski definition) is 4. The molecule has 1 heterocycles. The van der Waals surface area contributed by atoms with Crippen molar-refractivity contribution in [3.8, 4) is 0 Å². The van der Waals surface area contributed by atoms with Crippen molar-refractivity contribution in [1.29, 1.82) is 0 Å². The molecule has 0 aliphatic carbocycles. The third kappa shape index (κ3) is 2.21. The van der Waals surface area contributed by atoms with Crippen LogP contribution in [0.1, 0.15) is 0 Å². The highest BCUT2D eigenvalue weighted by atomic mass is 32.2. The van der Waals surface area contributed by atoms with Crippen LogP contribution in [0.4, 0.5) is 5.82 Å². The Morgan fingerprint density at radius 3 is 2.73 bits per heavy atom. The lowest BCUT2D eigenvalue weighted by molar-refractivity contribution is 0.606. The molecule has 0 saturated carbocycles. The van der Waals surface area contributed by atoms with Gasteiger partial charge in [0.15, 0.2) is 5.82 Å². The van der Waals surface area contributed by atoms with Gasteiger partial charge in [0.05, 0.1) is 12.5 Å². The van der Waals surface area contributed by atoms with Crippen LogP contribution in [0.15, 0.2) is 30.5 Å². The van der Waals surface area contributed by atoms with Crippen molar-refractivity contribution in [3.05, 3.63) is 30.5 Å². The topological polar surface area (TPSA) is 72.0 Å². The summed E-state index contributed by atoms with van der Waals surface area (Å²) in [5, 5.41) is 9.05. The molecule has 0 aliphatic heterocycles. The van der Waals surface area contributed by atoms with Gasteiger partial charge in [0.25, 0.3) is 0 Å². The van der Waals surface area contributed by atoms with Gasteiger partial charge in [-0.1, -0.05) is 24.3 Å². The van der Waals surface area contributed by atoms with Gasteiger partial charge in [0.2, 0.25) is 10.0 Å². The monoisotopic (exact) mass is 223 g/mol. The van der Waals surface area contributed by atoms with Crippen LogP contribution in [0.2, 0.25) is 0 Å². The van der Waals surface area contributed by atoms with Gasteiger partial charge in [-0.05, 0) is 0 Å². The Kier molecular flexibility index (Phi) is 2.28. The normalized spacial score (nSPS) is 11.5. The number of benzene rings is 1. The number of anilines is 1. The Bertz CT molecular complexity index is 590. The van der Waals surface area contributed by atoms with E-state index in [1.807, 2.05) is 18.2 Å². The molecule has 0 aliphatic rings. The van der Waals surface area contributed by atoms with Gasteiger partial charge in [-0.25, -0.2) is 8.42 Å². The van der Waals surface area contributed by atoms with Crippen LogP contribution >= 0.6 is 0 Å². The average Bonchev–Trinajstić information content (AvgIpc) is 2.16. The van der Waals surface area contributed by atoms with Gasteiger partial charge in [0.1, 0.15) is 0 Å². The minimum atomic E-state index is -3.32. The van der Waals surface area contributed by atoms with Crippen LogP contribution in [0.25, 0.3) is 10.8 Å². The van der Waals surface area contributed by atoms with E-state index in [-0.39, 0.29) is 5.82 Å². The SMILES string of the molecule is CS(=O)(=O)Nc1nncc2ccccc12. The lowest BCUT2D eigenvalue weighted by Crippen LogP contribution is -2.11. The van der Waals surface area contributed by atoms with E-state index in [2.05, 4.69) is 14.9 Å². The molecule has 5 nitrogen and oxygen atoms in total. The third-order valence-electron chi connectivity index (χ3n) is 1.85. The predicted molar refractivity (Wildman–Crippen MR) is 58.0 cm³/mol. The van der Waals surface area contributed by atoms with Crippen LogP contribution in [-0.4, -0.2) is 24.9 Å². The molecule has 0 unspecified atom stereocenters. The second-order valence-corrected chi connectivity index (χ2v) is 4.90. The highest BCUT2D eigenvalue weighted by Crippen LogP contribution is 2.19. The molecule has 6 heteroatoms. The fourth-order valence-corrected chi connectivity index (χ4v) is 1.78. The number of nitrogens with one attached hydrogen (secondary N) is 1. The van der Waals surface area contributed by atoms with E-state index in [1.54, 1.807) is 12.3 Å². The zero-order valence-electron chi connectivity index (χ0n) is 8.01. The number of hydrogen-bond donors (Lipinski definition) is 1. The molecule has 2 aromatic rings. The number of nitrogens with zero attached hydrogens (tertiary/aromatic N) is 2. The van der Waals surface area contributed by atoms with Crippen molar-refractivity contribution >= 4 is 26.6 Å². The van der Waals surface area contributed by atoms with Gasteiger partial charge in [-0.15, -0.1) is 5.10 Å². The first kappa shape index (κ1) is 9.85. The van der Waals surface area contributed by atoms with Crippen molar-refractivity contribution in [2.24, 2.45) is 0 Å². The number of aromatic nitrogens is 2. The van der Waals surface area contributed by atoms with Crippen molar-refractivity contribution in [2.75, 3.05) is 11.0 Å².